The van der Waals surface area contributed by atoms with Crippen molar-refractivity contribution in [2.24, 2.45) is 0 Å². The van der Waals surface area contributed by atoms with E-state index in [0.717, 1.165) is 23.9 Å². The lowest BCUT2D eigenvalue weighted by Crippen LogP contribution is -2.48. The second kappa shape index (κ2) is 4.84. The number of piperidine rings is 1. The summed E-state index contributed by atoms with van der Waals surface area (Å²) >= 11 is 0. The van der Waals surface area contributed by atoms with Crippen molar-refractivity contribution < 1.29 is 4.79 Å². The number of nitrogens with zero attached hydrogens (tertiary/aromatic N) is 2. The Morgan fingerprint density at radius 1 is 1.29 bits per heavy atom. The average Bonchev–Trinajstić information content (AvgIpc) is 2.98. The highest BCUT2D eigenvalue weighted by Crippen LogP contribution is 2.34. The van der Waals surface area contributed by atoms with E-state index in [1.54, 1.807) is 0 Å². The minimum absolute atomic E-state index is 0.0832. The summed E-state index contributed by atoms with van der Waals surface area (Å²) in [7, 11) is 2.21. The fourth-order valence-corrected chi connectivity index (χ4v) is 3.84. The van der Waals surface area contributed by atoms with Crippen molar-refractivity contribution in [1.82, 2.24) is 20.2 Å². The first kappa shape index (κ1) is 12.8. The van der Waals surface area contributed by atoms with Gasteiger partial charge in [-0.15, -0.1) is 0 Å². The summed E-state index contributed by atoms with van der Waals surface area (Å²) < 4.78 is 0. The maximum Gasteiger partial charge on any atom is 0.287 e. The van der Waals surface area contributed by atoms with Gasteiger partial charge in [-0.05, 0) is 44.9 Å². The molecule has 5 heteroatoms. The van der Waals surface area contributed by atoms with Gasteiger partial charge in [-0.2, -0.15) is 0 Å². The van der Waals surface area contributed by atoms with Crippen molar-refractivity contribution in [3.8, 4) is 0 Å². The number of fused-ring (bicyclic) bond motifs is 3. The van der Waals surface area contributed by atoms with Gasteiger partial charge in [0.1, 0.15) is 0 Å². The zero-order valence-electron chi connectivity index (χ0n) is 12.2. The first-order valence-corrected chi connectivity index (χ1v) is 7.68. The van der Waals surface area contributed by atoms with Crippen LogP contribution >= 0.6 is 0 Å². The molecule has 1 aromatic heterocycles. The molecule has 0 saturated carbocycles. The van der Waals surface area contributed by atoms with Crippen LogP contribution in [0.4, 0.5) is 0 Å². The molecule has 1 amide bonds. The van der Waals surface area contributed by atoms with Crippen LogP contribution in [0.1, 0.15) is 36.3 Å². The predicted molar refractivity (Wildman–Crippen MR) is 81.2 cm³/mol. The van der Waals surface area contributed by atoms with Crippen molar-refractivity contribution in [2.75, 3.05) is 7.05 Å². The summed E-state index contributed by atoms with van der Waals surface area (Å²) in [4.78, 5) is 22.3. The number of H-pyrrole nitrogens is 1. The molecule has 2 aliphatic heterocycles. The number of rotatable bonds is 2. The SMILES string of the molecule is CN1C2CCC1CC(NC(=O)c1nc3ccccc3[nH]1)C2. The number of hydrogen-bond acceptors (Lipinski definition) is 3. The molecule has 2 N–H and O–H groups in total. The monoisotopic (exact) mass is 284 g/mol. The second-order valence-corrected chi connectivity index (χ2v) is 6.29. The van der Waals surface area contributed by atoms with Crippen LogP contribution in [0, 0.1) is 0 Å². The zero-order chi connectivity index (χ0) is 14.4. The molecule has 2 bridgehead atoms. The number of imidazole rings is 1. The molecule has 110 valence electrons. The molecule has 3 heterocycles. The molecular formula is C16H20N4O. The van der Waals surface area contributed by atoms with E-state index < -0.39 is 0 Å². The molecule has 2 atom stereocenters. The zero-order valence-corrected chi connectivity index (χ0v) is 12.2. The number of carbonyl (C=O) groups excluding carboxylic acids is 1. The van der Waals surface area contributed by atoms with Gasteiger partial charge in [0.05, 0.1) is 11.0 Å². The van der Waals surface area contributed by atoms with E-state index in [0.29, 0.717) is 17.9 Å². The number of nitrogens with one attached hydrogen (secondary N) is 2. The Hall–Kier alpha value is -1.88. The molecule has 2 aliphatic rings. The normalized spacial score (nSPS) is 28.9. The van der Waals surface area contributed by atoms with Gasteiger partial charge in [0.15, 0.2) is 5.82 Å². The van der Waals surface area contributed by atoms with Crippen LogP contribution in [0.15, 0.2) is 24.3 Å². The highest BCUT2D eigenvalue weighted by atomic mass is 16.2. The average molecular weight is 284 g/mol. The molecule has 21 heavy (non-hydrogen) atoms. The Balaban J connectivity index is 1.48. The number of para-hydroxylation sites is 2. The quantitative estimate of drug-likeness (QED) is 0.885. The lowest BCUT2D eigenvalue weighted by molar-refractivity contribution is 0.0873. The molecule has 2 aromatic rings. The molecule has 0 spiro atoms. The highest BCUT2D eigenvalue weighted by Gasteiger charge is 2.38. The summed E-state index contributed by atoms with van der Waals surface area (Å²) in [6.45, 7) is 0. The van der Waals surface area contributed by atoms with E-state index in [1.807, 2.05) is 24.3 Å². The summed E-state index contributed by atoms with van der Waals surface area (Å²) in [6, 6.07) is 9.26. The third kappa shape index (κ3) is 2.21. The third-order valence-corrected chi connectivity index (χ3v) is 5.04. The molecule has 0 radical (unpaired) electrons. The number of benzene rings is 1. The first-order chi connectivity index (χ1) is 10.2. The van der Waals surface area contributed by atoms with Gasteiger partial charge in [0.2, 0.25) is 0 Å². The van der Waals surface area contributed by atoms with Gasteiger partial charge < -0.3 is 15.2 Å². The van der Waals surface area contributed by atoms with Crippen LogP contribution in [-0.4, -0.2) is 45.9 Å². The van der Waals surface area contributed by atoms with Crippen molar-refractivity contribution in [1.29, 1.82) is 0 Å². The van der Waals surface area contributed by atoms with Crippen molar-refractivity contribution in [3.05, 3.63) is 30.1 Å². The molecule has 4 rings (SSSR count). The van der Waals surface area contributed by atoms with Gasteiger partial charge >= 0.3 is 0 Å². The smallest absolute Gasteiger partial charge is 0.287 e. The van der Waals surface area contributed by atoms with Crippen LogP contribution in [0.2, 0.25) is 0 Å². The van der Waals surface area contributed by atoms with Crippen LogP contribution in [0.3, 0.4) is 0 Å². The van der Waals surface area contributed by atoms with Crippen LogP contribution < -0.4 is 5.32 Å². The van der Waals surface area contributed by atoms with E-state index in [4.69, 9.17) is 0 Å². The van der Waals surface area contributed by atoms with E-state index in [-0.39, 0.29) is 11.9 Å². The van der Waals surface area contributed by atoms with Gasteiger partial charge in [-0.25, -0.2) is 4.98 Å². The van der Waals surface area contributed by atoms with E-state index in [1.165, 1.54) is 12.8 Å². The second-order valence-electron chi connectivity index (χ2n) is 6.29. The predicted octanol–water partition coefficient (Wildman–Crippen LogP) is 1.92. The number of amides is 1. The van der Waals surface area contributed by atoms with Crippen LogP contribution in [0.25, 0.3) is 11.0 Å². The third-order valence-electron chi connectivity index (χ3n) is 5.04. The van der Waals surface area contributed by atoms with E-state index in [9.17, 15) is 4.79 Å². The van der Waals surface area contributed by atoms with Gasteiger partial charge in [0.25, 0.3) is 5.91 Å². The molecule has 2 fully saturated rings. The molecule has 5 nitrogen and oxygen atoms in total. The minimum Gasteiger partial charge on any atom is -0.347 e. The highest BCUT2D eigenvalue weighted by molar-refractivity contribution is 5.94. The fourth-order valence-electron chi connectivity index (χ4n) is 3.84. The summed E-state index contributed by atoms with van der Waals surface area (Å²) in [5.41, 5.74) is 1.75. The minimum atomic E-state index is -0.0832. The van der Waals surface area contributed by atoms with E-state index >= 15 is 0 Å². The van der Waals surface area contributed by atoms with Gasteiger partial charge in [-0.1, -0.05) is 12.1 Å². The number of carbonyl (C=O) groups is 1. The Morgan fingerprint density at radius 2 is 2.00 bits per heavy atom. The molecule has 1 aromatic carbocycles. The maximum absolute atomic E-state index is 12.4. The Morgan fingerprint density at radius 3 is 2.71 bits per heavy atom. The van der Waals surface area contributed by atoms with Crippen molar-refractivity contribution in [3.63, 3.8) is 0 Å². The molecule has 2 saturated heterocycles. The lowest BCUT2D eigenvalue weighted by Gasteiger charge is -2.36. The Kier molecular flexibility index (Phi) is 2.96. The number of aromatic nitrogens is 2. The summed E-state index contributed by atoms with van der Waals surface area (Å²) in [5.74, 6) is 0.336. The number of aromatic amines is 1. The largest absolute Gasteiger partial charge is 0.347 e. The molecular weight excluding hydrogens is 264 g/mol. The van der Waals surface area contributed by atoms with E-state index in [2.05, 4.69) is 27.2 Å². The standard InChI is InChI=1S/C16H20N4O/c1-20-11-6-7-12(20)9-10(8-11)17-16(21)15-18-13-4-2-3-5-14(13)19-15/h2-5,10-12H,6-9H2,1H3,(H,17,21)(H,18,19). The topological polar surface area (TPSA) is 61.0 Å². The fraction of sp³-hybridized carbons (Fsp3) is 0.500. The first-order valence-electron chi connectivity index (χ1n) is 7.68. The van der Waals surface area contributed by atoms with Crippen LogP contribution in [0.5, 0.6) is 0 Å². The van der Waals surface area contributed by atoms with Gasteiger partial charge in [0, 0.05) is 18.1 Å². The maximum atomic E-state index is 12.4. The number of hydrogen-bond donors (Lipinski definition) is 2. The van der Waals surface area contributed by atoms with Crippen molar-refractivity contribution >= 4 is 16.9 Å². The lowest BCUT2D eigenvalue weighted by atomic mass is 9.98. The molecule has 2 unspecified atom stereocenters. The van der Waals surface area contributed by atoms with Crippen molar-refractivity contribution in [2.45, 2.75) is 43.8 Å². The molecule has 0 aliphatic carbocycles. The van der Waals surface area contributed by atoms with Gasteiger partial charge in [-0.3, -0.25) is 4.79 Å². The summed E-state index contributed by atoms with van der Waals surface area (Å²) in [6.07, 6.45) is 4.63. The summed E-state index contributed by atoms with van der Waals surface area (Å²) in [5, 5.41) is 3.16. The Labute approximate surface area is 123 Å². The Bertz CT molecular complexity index is 633. The van der Waals surface area contributed by atoms with Crippen LogP contribution in [-0.2, 0) is 0 Å².